The quantitative estimate of drug-likeness (QED) is 0.753. The molecule has 0 fully saturated rings. The summed E-state index contributed by atoms with van der Waals surface area (Å²) in [6.45, 7) is 6.65. The first-order valence-electron chi connectivity index (χ1n) is 7.47. The topological polar surface area (TPSA) is 26.3 Å². The normalized spacial score (nSPS) is 22.8. The van der Waals surface area contributed by atoms with Crippen LogP contribution in [-0.2, 0) is 14.9 Å². The highest BCUT2D eigenvalue weighted by Gasteiger charge is 2.33. The summed E-state index contributed by atoms with van der Waals surface area (Å²) in [6.07, 6.45) is 3.35. The number of hydrogen-bond donors (Lipinski definition) is 0. The van der Waals surface area contributed by atoms with Crippen molar-refractivity contribution in [1.82, 2.24) is 0 Å². The minimum atomic E-state index is 0.0380. The van der Waals surface area contributed by atoms with Gasteiger partial charge in [0.05, 0.1) is 0 Å². The lowest BCUT2D eigenvalue weighted by Crippen LogP contribution is -2.11. The first-order chi connectivity index (χ1) is 9.45. The van der Waals surface area contributed by atoms with E-state index in [4.69, 9.17) is 4.74 Å². The van der Waals surface area contributed by atoms with Crippen molar-refractivity contribution in [2.45, 2.75) is 58.0 Å². The zero-order valence-electron chi connectivity index (χ0n) is 12.5. The Morgan fingerprint density at radius 3 is 2.40 bits per heavy atom. The highest BCUT2D eigenvalue weighted by Crippen LogP contribution is 2.41. The minimum absolute atomic E-state index is 0.0380. The van der Waals surface area contributed by atoms with E-state index in [1.165, 1.54) is 11.1 Å². The molecule has 20 heavy (non-hydrogen) atoms. The van der Waals surface area contributed by atoms with E-state index in [1.54, 1.807) is 0 Å². The van der Waals surface area contributed by atoms with Crippen LogP contribution in [0.25, 0.3) is 0 Å². The molecule has 2 heteroatoms. The van der Waals surface area contributed by atoms with Gasteiger partial charge in [-0.3, -0.25) is 4.79 Å². The fraction of sp³-hybridized carbons (Fsp3) is 0.500. The van der Waals surface area contributed by atoms with Crippen LogP contribution in [0.3, 0.4) is 0 Å². The van der Waals surface area contributed by atoms with Gasteiger partial charge >= 0.3 is 0 Å². The number of allylic oxidation sites excluding steroid dienone is 1. The van der Waals surface area contributed by atoms with E-state index in [-0.39, 0.29) is 11.5 Å². The van der Waals surface area contributed by atoms with Gasteiger partial charge in [0.2, 0.25) is 0 Å². The summed E-state index contributed by atoms with van der Waals surface area (Å²) in [6, 6.07) is 8.65. The molecule has 1 aromatic carbocycles. The number of hydrogen-bond acceptors (Lipinski definition) is 2. The maximum absolute atomic E-state index is 11.9. The number of Topliss-reactive ketones (excluding diaryl/α,β-unsaturated/α-hetero) is 1. The van der Waals surface area contributed by atoms with Gasteiger partial charge in [-0.25, -0.2) is 0 Å². The number of carbonyl (C=O) groups is 1. The zero-order chi connectivity index (χ0) is 14.3. The van der Waals surface area contributed by atoms with Crippen molar-refractivity contribution in [1.29, 1.82) is 0 Å². The molecule has 106 valence electrons. The number of benzene rings is 1. The smallest absolute Gasteiger partial charge is 0.162 e. The lowest BCUT2D eigenvalue weighted by atomic mass is 9.86. The summed E-state index contributed by atoms with van der Waals surface area (Å²) in [7, 11) is 0. The first kappa shape index (κ1) is 13.4. The molecule has 0 radical (unpaired) electrons. The monoisotopic (exact) mass is 270 g/mol. The molecule has 0 N–H and O–H groups in total. The second-order valence-electron chi connectivity index (χ2n) is 6.86. The van der Waals surface area contributed by atoms with Crippen molar-refractivity contribution in [2.75, 3.05) is 0 Å². The highest BCUT2D eigenvalue weighted by molar-refractivity contribution is 5.97. The SMILES string of the molecule is CC(C)(C)c1ccc(C2CC3=C(CCCC3=O)O2)cc1. The highest BCUT2D eigenvalue weighted by atomic mass is 16.5. The van der Waals surface area contributed by atoms with Gasteiger partial charge in [0.25, 0.3) is 0 Å². The van der Waals surface area contributed by atoms with E-state index in [0.717, 1.165) is 30.6 Å². The van der Waals surface area contributed by atoms with E-state index in [9.17, 15) is 4.79 Å². The van der Waals surface area contributed by atoms with Gasteiger partial charge in [-0.2, -0.15) is 0 Å². The van der Waals surface area contributed by atoms with E-state index < -0.39 is 0 Å². The van der Waals surface area contributed by atoms with Crippen LogP contribution in [0.4, 0.5) is 0 Å². The third kappa shape index (κ3) is 2.39. The number of ether oxygens (including phenoxy) is 1. The van der Waals surface area contributed by atoms with E-state index in [2.05, 4.69) is 45.0 Å². The van der Waals surface area contributed by atoms with Crippen LogP contribution in [0.2, 0.25) is 0 Å². The third-order valence-corrected chi connectivity index (χ3v) is 4.30. The van der Waals surface area contributed by atoms with Gasteiger partial charge in [0.15, 0.2) is 5.78 Å². The van der Waals surface area contributed by atoms with Crippen LogP contribution in [0.1, 0.15) is 63.7 Å². The Bertz CT molecular complexity index is 558. The molecule has 2 nitrogen and oxygen atoms in total. The Labute approximate surface area is 120 Å². The van der Waals surface area contributed by atoms with Crippen LogP contribution in [0, 0.1) is 0 Å². The third-order valence-electron chi connectivity index (χ3n) is 4.30. The average molecular weight is 270 g/mol. The Balaban J connectivity index is 1.78. The van der Waals surface area contributed by atoms with Crippen LogP contribution >= 0.6 is 0 Å². The predicted octanol–water partition coefficient (Wildman–Crippen LogP) is 4.45. The number of ketones is 1. The summed E-state index contributed by atoms with van der Waals surface area (Å²) in [5, 5.41) is 0. The molecule has 2 aliphatic rings. The molecule has 3 rings (SSSR count). The fourth-order valence-corrected chi connectivity index (χ4v) is 3.01. The molecule has 0 saturated heterocycles. The Hall–Kier alpha value is -1.57. The fourth-order valence-electron chi connectivity index (χ4n) is 3.01. The van der Waals surface area contributed by atoms with Gasteiger partial charge in [-0.1, -0.05) is 45.0 Å². The first-order valence-corrected chi connectivity index (χ1v) is 7.47. The molecule has 1 aliphatic heterocycles. The number of carbonyl (C=O) groups excluding carboxylic acids is 1. The molecule has 0 spiro atoms. The summed E-state index contributed by atoms with van der Waals surface area (Å²) in [5.41, 5.74) is 3.62. The summed E-state index contributed by atoms with van der Waals surface area (Å²) in [5.74, 6) is 1.24. The molecule has 0 bridgehead atoms. The van der Waals surface area contributed by atoms with Gasteiger partial charge in [-0.05, 0) is 23.0 Å². The molecule has 0 saturated carbocycles. The number of rotatable bonds is 1. The molecule has 1 aromatic rings. The van der Waals surface area contributed by atoms with Gasteiger partial charge in [0, 0.05) is 24.8 Å². The van der Waals surface area contributed by atoms with Crippen molar-refractivity contribution in [3.05, 3.63) is 46.7 Å². The van der Waals surface area contributed by atoms with E-state index >= 15 is 0 Å². The van der Waals surface area contributed by atoms with Crippen molar-refractivity contribution in [2.24, 2.45) is 0 Å². The van der Waals surface area contributed by atoms with Crippen molar-refractivity contribution < 1.29 is 9.53 Å². The van der Waals surface area contributed by atoms with Crippen LogP contribution in [0.15, 0.2) is 35.6 Å². The van der Waals surface area contributed by atoms with Gasteiger partial charge in [-0.15, -0.1) is 0 Å². The maximum atomic E-state index is 11.9. The van der Waals surface area contributed by atoms with Crippen LogP contribution in [0.5, 0.6) is 0 Å². The standard InChI is InChI=1S/C18H22O2/c1-18(2,3)13-9-7-12(8-10-13)17-11-14-15(19)5-4-6-16(14)20-17/h7-10,17H,4-6,11H2,1-3H3. The summed E-state index contributed by atoms with van der Waals surface area (Å²) in [4.78, 5) is 11.9. The van der Waals surface area contributed by atoms with Gasteiger partial charge < -0.3 is 4.74 Å². The Kier molecular flexibility index (Phi) is 3.19. The van der Waals surface area contributed by atoms with Crippen LogP contribution < -0.4 is 0 Å². The van der Waals surface area contributed by atoms with Crippen molar-refractivity contribution in [3.8, 4) is 0 Å². The van der Waals surface area contributed by atoms with Crippen molar-refractivity contribution >= 4 is 5.78 Å². The van der Waals surface area contributed by atoms with Crippen molar-refractivity contribution in [3.63, 3.8) is 0 Å². The second-order valence-corrected chi connectivity index (χ2v) is 6.86. The summed E-state index contributed by atoms with van der Waals surface area (Å²) >= 11 is 0. The molecule has 1 atom stereocenters. The Morgan fingerprint density at radius 1 is 1.10 bits per heavy atom. The molecular weight excluding hydrogens is 248 g/mol. The van der Waals surface area contributed by atoms with E-state index in [1.807, 2.05) is 0 Å². The van der Waals surface area contributed by atoms with Gasteiger partial charge in [0.1, 0.15) is 11.9 Å². The Morgan fingerprint density at radius 2 is 1.80 bits per heavy atom. The minimum Gasteiger partial charge on any atom is -0.489 e. The van der Waals surface area contributed by atoms with E-state index in [0.29, 0.717) is 12.2 Å². The largest absolute Gasteiger partial charge is 0.489 e. The molecule has 0 amide bonds. The molecule has 0 aromatic heterocycles. The lowest BCUT2D eigenvalue weighted by Gasteiger charge is -2.20. The molecule has 1 aliphatic carbocycles. The summed E-state index contributed by atoms with van der Waals surface area (Å²) < 4.78 is 6.01. The molecule has 1 heterocycles. The molecule has 1 unspecified atom stereocenters. The van der Waals surface area contributed by atoms with Crippen LogP contribution in [-0.4, -0.2) is 5.78 Å². The zero-order valence-corrected chi connectivity index (χ0v) is 12.5. The predicted molar refractivity (Wildman–Crippen MR) is 79.5 cm³/mol. The lowest BCUT2D eigenvalue weighted by molar-refractivity contribution is -0.116. The molecular formula is C18H22O2. The average Bonchev–Trinajstić information content (AvgIpc) is 2.83. The maximum Gasteiger partial charge on any atom is 0.162 e. The second kappa shape index (κ2) is 4.76.